The third-order valence-corrected chi connectivity index (χ3v) is 6.84. The first kappa shape index (κ1) is 19.4. The van der Waals surface area contributed by atoms with E-state index in [0.29, 0.717) is 0 Å². The van der Waals surface area contributed by atoms with Crippen molar-refractivity contribution in [3.05, 3.63) is 87.6 Å². The summed E-state index contributed by atoms with van der Waals surface area (Å²) in [7, 11) is 0. The summed E-state index contributed by atoms with van der Waals surface area (Å²) in [6.45, 7) is 4.88. The van der Waals surface area contributed by atoms with Crippen molar-refractivity contribution < 1.29 is 0 Å². The van der Waals surface area contributed by atoms with Crippen LogP contribution >= 0.6 is 22.9 Å². The molecule has 0 saturated heterocycles. The fourth-order valence-corrected chi connectivity index (χ4v) is 4.97. The van der Waals surface area contributed by atoms with E-state index in [1.807, 2.05) is 36.5 Å². The SMILES string of the molecule is Cc1nc(-c2ccccc2)sc1CN1CCc2nc(-c3ccc(Cl)cc3)ncc2C1. The normalized spacial score (nSPS) is 13.9. The zero-order valence-corrected chi connectivity index (χ0v) is 18.2. The summed E-state index contributed by atoms with van der Waals surface area (Å²) in [4.78, 5) is 18.0. The Bertz CT molecular complexity index is 1170. The average molecular weight is 433 g/mol. The molecule has 1 aliphatic heterocycles. The average Bonchev–Trinajstić information content (AvgIpc) is 3.15. The van der Waals surface area contributed by atoms with Gasteiger partial charge in [-0.25, -0.2) is 15.0 Å². The van der Waals surface area contributed by atoms with Gasteiger partial charge in [0.1, 0.15) is 5.01 Å². The third-order valence-electron chi connectivity index (χ3n) is 5.40. The van der Waals surface area contributed by atoms with E-state index < -0.39 is 0 Å². The van der Waals surface area contributed by atoms with Gasteiger partial charge in [-0.3, -0.25) is 4.90 Å². The molecule has 150 valence electrons. The Morgan fingerprint density at radius 3 is 2.60 bits per heavy atom. The van der Waals surface area contributed by atoms with Crippen LogP contribution in [0.3, 0.4) is 0 Å². The molecular formula is C24H21ClN4S. The maximum absolute atomic E-state index is 5.99. The van der Waals surface area contributed by atoms with Gasteiger partial charge in [0, 0.05) is 58.8 Å². The van der Waals surface area contributed by atoms with Gasteiger partial charge in [0.05, 0.1) is 11.4 Å². The summed E-state index contributed by atoms with van der Waals surface area (Å²) in [5, 5.41) is 1.82. The molecule has 2 aromatic carbocycles. The molecule has 0 amide bonds. The lowest BCUT2D eigenvalue weighted by Gasteiger charge is -2.27. The molecule has 5 rings (SSSR count). The fraction of sp³-hybridized carbons (Fsp3) is 0.208. The molecule has 0 saturated carbocycles. The molecule has 4 nitrogen and oxygen atoms in total. The van der Waals surface area contributed by atoms with Gasteiger partial charge in [-0.1, -0.05) is 41.9 Å². The highest BCUT2D eigenvalue weighted by atomic mass is 35.5. The van der Waals surface area contributed by atoms with Crippen LogP contribution in [0.15, 0.2) is 60.8 Å². The molecule has 0 unspecified atom stereocenters. The lowest BCUT2D eigenvalue weighted by atomic mass is 10.1. The van der Waals surface area contributed by atoms with Crippen molar-refractivity contribution in [2.45, 2.75) is 26.4 Å². The minimum absolute atomic E-state index is 0.723. The second kappa shape index (κ2) is 8.26. The molecule has 0 N–H and O–H groups in total. The number of fused-ring (bicyclic) bond motifs is 1. The molecule has 0 bridgehead atoms. The van der Waals surface area contributed by atoms with Crippen LogP contribution in [0.1, 0.15) is 21.8 Å². The molecule has 30 heavy (non-hydrogen) atoms. The van der Waals surface area contributed by atoms with Gasteiger partial charge < -0.3 is 0 Å². The summed E-state index contributed by atoms with van der Waals surface area (Å²) >= 11 is 7.79. The van der Waals surface area contributed by atoms with Gasteiger partial charge in [-0.15, -0.1) is 11.3 Å². The molecule has 0 aliphatic carbocycles. The number of hydrogen-bond donors (Lipinski definition) is 0. The van der Waals surface area contributed by atoms with Gasteiger partial charge in [0.15, 0.2) is 5.82 Å². The van der Waals surface area contributed by atoms with Gasteiger partial charge in [0.25, 0.3) is 0 Å². The van der Waals surface area contributed by atoms with Crippen LogP contribution in [-0.2, 0) is 19.5 Å². The number of nitrogens with zero attached hydrogens (tertiary/aromatic N) is 4. The van der Waals surface area contributed by atoms with Crippen molar-refractivity contribution >= 4 is 22.9 Å². The molecule has 0 spiro atoms. The first-order chi connectivity index (χ1) is 14.7. The van der Waals surface area contributed by atoms with Crippen molar-refractivity contribution in [3.8, 4) is 22.0 Å². The Hall–Kier alpha value is -2.60. The van der Waals surface area contributed by atoms with Crippen LogP contribution in [0.25, 0.3) is 22.0 Å². The van der Waals surface area contributed by atoms with E-state index in [-0.39, 0.29) is 0 Å². The largest absolute Gasteiger partial charge is 0.293 e. The maximum atomic E-state index is 5.99. The molecule has 6 heteroatoms. The van der Waals surface area contributed by atoms with E-state index in [1.54, 1.807) is 11.3 Å². The summed E-state index contributed by atoms with van der Waals surface area (Å²) in [5.41, 5.74) is 5.67. The summed E-state index contributed by atoms with van der Waals surface area (Å²) in [5.74, 6) is 0.768. The second-order valence-electron chi connectivity index (χ2n) is 7.53. The van der Waals surface area contributed by atoms with Crippen LogP contribution in [0, 0.1) is 6.92 Å². The summed E-state index contributed by atoms with van der Waals surface area (Å²) in [6, 6.07) is 18.1. The van der Waals surface area contributed by atoms with Crippen LogP contribution in [0.2, 0.25) is 5.02 Å². The van der Waals surface area contributed by atoms with E-state index >= 15 is 0 Å². The molecule has 0 atom stereocenters. The van der Waals surface area contributed by atoms with E-state index in [9.17, 15) is 0 Å². The monoisotopic (exact) mass is 432 g/mol. The molecule has 0 radical (unpaired) electrons. The molecule has 4 aromatic rings. The van der Waals surface area contributed by atoms with E-state index in [1.165, 1.54) is 16.0 Å². The van der Waals surface area contributed by atoms with E-state index in [2.05, 4.69) is 41.1 Å². The Morgan fingerprint density at radius 1 is 1.00 bits per heavy atom. The first-order valence-corrected chi connectivity index (χ1v) is 11.2. The summed E-state index contributed by atoms with van der Waals surface area (Å²) in [6.07, 6.45) is 2.91. The predicted molar refractivity (Wildman–Crippen MR) is 123 cm³/mol. The smallest absolute Gasteiger partial charge is 0.159 e. The van der Waals surface area contributed by atoms with Gasteiger partial charge >= 0.3 is 0 Å². The van der Waals surface area contributed by atoms with Gasteiger partial charge in [-0.2, -0.15) is 0 Å². The highest BCUT2D eigenvalue weighted by molar-refractivity contribution is 7.15. The number of aryl methyl sites for hydroxylation is 1. The minimum Gasteiger partial charge on any atom is -0.293 e. The van der Waals surface area contributed by atoms with Crippen molar-refractivity contribution in [2.24, 2.45) is 0 Å². The number of hydrogen-bond acceptors (Lipinski definition) is 5. The fourth-order valence-electron chi connectivity index (χ4n) is 3.73. The Morgan fingerprint density at radius 2 is 1.80 bits per heavy atom. The quantitative estimate of drug-likeness (QED) is 0.409. The van der Waals surface area contributed by atoms with Gasteiger partial charge in [0.2, 0.25) is 0 Å². The van der Waals surface area contributed by atoms with Crippen molar-refractivity contribution in [1.29, 1.82) is 0 Å². The van der Waals surface area contributed by atoms with Crippen molar-refractivity contribution in [2.75, 3.05) is 6.54 Å². The number of halogens is 1. The number of rotatable bonds is 4. The highest BCUT2D eigenvalue weighted by Gasteiger charge is 2.21. The zero-order chi connectivity index (χ0) is 20.5. The topological polar surface area (TPSA) is 41.9 Å². The molecular weight excluding hydrogens is 412 g/mol. The predicted octanol–water partition coefficient (Wildman–Crippen LogP) is 5.79. The molecule has 3 heterocycles. The molecule has 0 fully saturated rings. The number of benzene rings is 2. The van der Waals surface area contributed by atoms with Crippen LogP contribution in [0.4, 0.5) is 0 Å². The van der Waals surface area contributed by atoms with Crippen LogP contribution in [-0.4, -0.2) is 26.4 Å². The zero-order valence-electron chi connectivity index (χ0n) is 16.7. The third kappa shape index (κ3) is 4.01. The summed E-state index contributed by atoms with van der Waals surface area (Å²) < 4.78 is 0. The Balaban J connectivity index is 1.32. The Kier molecular flexibility index (Phi) is 5.34. The molecule has 1 aliphatic rings. The lowest BCUT2D eigenvalue weighted by Crippen LogP contribution is -2.30. The first-order valence-electron chi connectivity index (χ1n) is 10.0. The second-order valence-corrected chi connectivity index (χ2v) is 9.05. The standard InChI is InChI=1S/C24H21ClN4S/c1-16-22(30-24(27-16)18-5-3-2-4-6-18)15-29-12-11-21-19(14-29)13-26-23(28-21)17-7-9-20(25)10-8-17/h2-10,13H,11-12,14-15H2,1H3. The highest BCUT2D eigenvalue weighted by Crippen LogP contribution is 2.30. The van der Waals surface area contributed by atoms with Gasteiger partial charge in [-0.05, 0) is 31.2 Å². The van der Waals surface area contributed by atoms with E-state index in [0.717, 1.165) is 58.9 Å². The van der Waals surface area contributed by atoms with E-state index in [4.69, 9.17) is 21.6 Å². The van der Waals surface area contributed by atoms with Crippen molar-refractivity contribution in [3.63, 3.8) is 0 Å². The number of aromatic nitrogens is 3. The van der Waals surface area contributed by atoms with Crippen molar-refractivity contribution in [1.82, 2.24) is 19.9 Å². The molecule has 2 aromatic heterocycles. The van der Waals surface area contributed by atoms with Crippen LogP contribution in [0.5, 0.6) is 0 Å². The van der Waals surface area contributed by atoms with Crippen LogP contribution < -0.4 is 0 Å². The Labute approximate surface area is 185 Å². The maximum Gasteiger partial charge on any atom is 0.159 e. The lowest BCUT2D eigenvalue weighted by molar-refractivity contribution is 0.244. The minimum atomic E-state index is 0.723. The number of thiazole rings is 1.